The van der Waals surface area contributed by atoms with Crippen molar-refractivity contribution in [2.75, 3.05) is 6.61 Å². The van der Waals surface area contributed by atoms with Crippen LogP contribution in [0.25, 0.3) is 0 Å². The second-order valence-corrected chi connectivity index (χ2v) is 5.19. The van der Waals surface area contributed by atoms with Crippen molar-refractivity contribution >= 4 is 29.5 Å². The van der Waals surface area contributed by atoms with Gasteiger partial charge in [0.25, 0.3) is 5.91 Å². The van der Waals surface area contributed by atoms with Crippen molar-refractivity contribution in [3.63, 3.8) is 0 Å². The minimum atomic E-state index is -1.13. The first-order valence-corrected chi connectivity index (χ1v) is 6.85. The van der Waals surface area contributed by atoms with Gasteiger partial charge in [0.15, 0.2) is 12.7 Å². The Morgan fingerprint density at radius 2 is 1.82 bits per heavy atom. The van der Waals surface area contributed by atoms with E-state index < -0.39 is 24.0 Å². The van der Waals surface area contributed by atoms with Crippen LogP contribution in [0.4, 0.5) is 4.79 Å². The lowest BCUT2D eigenvalue weighted by Gasteiger charge is -2.19. The summed E-state index contributed by atoms with van der Waals surface area (Å²) in [6.07, 6.45) is -1.13. The highest BCUT2D eigenvalue weighted by Crippen LogP contribution is 2.15. The standard InChI is InChI=1S/C14H17ClN2O5/c1-8(2)12(13(19)17-14(16)20)22-11(18)7-21-10-5-3-9(15)4-6-10/h3-6,8,12H,7H2,1-2H3,(H3,16,17,19,20)/t12-/m0/s1. The fraction of sp³-hybridized carbons (Fsp3) is 0.357. The molecule has 0 saturated heterocycles. The summed E-state index contributed by atoms with van der Waals surface area (Å²) < 4.78 is 10.2. The number of ether oxygens (including phenoxy) is 2. The van der Waals surface area contributed by atoms with Gasteiger partial charge in [-0.25, -0.2) is 9.59 Å². The van der Waals surface area contributed by atoms with Gasteiger partial charge in [0.05, 0.1) is 0 Å². The summed E-state index contributed by atoms with van der Waals surface area (Å²) in [5, 5.41) is 2.42. The Kier molecular flexibility index (Phi) is 6.65. The normalized spacial score (nSPS) is 11.6. The van der Waals surface area contributed by atoms with Crippen molar-refractivity contribution in [1.82, 2.24) is 5.32 Å². The summed E-state index contributed by atoms with van der Waals surface area (Å²) in [6, 6.07) is 5.40. The number of benzene rings is 1. The number of nitrogens with two attached hydrogens (primary N) is 1. The van der Waals surface area contributed by atoms with Crippen LogP contribution in [0.3, 0.4) is 0 Å². The topological polar surface area (TPSA) is 108 Å². The van der Waals surface area contributed by atoms with Crippen molar-refractivity contribution in [3.8, 4) is 5.75 Å². The smallest absolute Gasteiger partial charge is 0.344 e. The van der Waals surface area contributed by atoms with Gasteiger partial charge in [-0.3, -0.25) is 10.1 Å². The molecule has 0 saturated carbocycles. The largest absolute Gasteiger partial charge is 0.482 e. The van der Waals surface area contributed by atoms with Crippen molar-refractivity contribution in [3.05, 3.63) is 29.3 Å². The third kappa shape index (κ3) is 6.01. The zero-order valence-corrected chi connectivity index (χ0v) is 12.9. The van der Waals surface area contributed by atoms with Crippen molar-refractivity contribution in [2.24, 2.45) is 11.7 Å². The van der Waals surface area contributed by atoms with E-state index in [-0.39, 0.29) is 12.5 Å². The summed E-state index contributed by atoms with van der Waals surface area (Å²) in [6.45, 7) is 2.95. The molecule has 0 fully saturated rings. The maximum absolute atomic E-state index is 11.7. The van der Waals surface area contributed by atoms with Crippen LogP contribution >= 0.6 is 11.6 Å². The Balaban J connectivity index is 2.54. The highest BCUT2D eigenvalue weighted by atomic mass is 35.5. The fourth-order valence-corrected chi connectivity index (χ4v) is 1.66. The van der Waals surface area contributed by atoms with Gasteiger partial charge >= 0.3 is 12.0 Å². The van der Waals surface area contributed by atoms with Gasteiger partial charge in [0, 0.05) is 5.02 Å². The van der Waals surface area contributed by atoms with E-state index in [4.69, 9.17) is 26.8 Å². The molecule has 0 aliphatic heterocycles. The summed E-state index contributed by atoms with van der Waals surface area (Å²) in [5.41, 5.74) is 4.86. The number of urea groups is 1. The first-order chi connectivity index (χ1) is 10.3. The molecule has 1 rings (SSSR count). The zero-order chi connectivity index (χ0) is 16.7. The lowest BCUT2D eigenvalue weighted by molar-refractivity contribution is -0.160. The number of carbonyl (C=O) groups is 3. The van der Waals surface area contributed by atoms with E-state index in [1.54, 1.807) is 38.1 Å². The van der Waals surface area contributed by atoms with Gasteiger partial charge in [-0.1, -0.05) is 25.4 Å². The molecule has 120 valence electrons. The van der Waals surface area contributed by atoms with Gasteiger partial charge in [0.2, 0.25) is 0 Å². The number of carbonyl (C=O) groups excluding carboxylic acids is 3. The molecular weight excluding hydrogens is 312 g/mol. The molecule has 0 aliphatic rings. The zero-order valence-electron chi connectivity index (χ0n) is 12.2. The first kappa shape index (κ1) is 17.8. The average molecular weight is 329 g/mol. The van der Waals surface area contributed by atoms with Crippen LogP contribution in [0.15, 0.2) is 24.3 Å². The van der Waals surface area contributed by atoms with Crippen molar-refractivity contribution < 1.29 is 23.9 Å². The molecule has 22 heavy (non-hydrogen) atoms. The molecule has 7 nitrogen and oxygen atoms in total. The average Bonchev–Trinajstić information content (AvgIpc) is 2.43. The molecule has 0 aliphatic carbocycles. The summed E-state index contributed by atoms with van der Waals surface area (Å²) >= 11 is 5.73. The number of nitrogens with one attached hydrogen (secondary N) is 1. The number of primary amides is 1. The molecule has 0 bridgehead atoms. The van der Waals surface area contributed by atoms with Crippen LogP contribution in [-0.2, 0) is 14.3 Å². The quantitative estimate of drug-likeness (QED) is 0.769. The summed E-state index contributed by atoms with van der Waals surface area (Å²) in [7, 11) is 0. The van der Waals surface area contributed by atoms with Crippen LogP contribution in [0, 0.1) is 5.92 Å². The number of hydrogen-bond acceptors (Lipinski definition) is 5. The molecular formula is C14H17ClN2O5. The molecule has 3 amide bonds. The van der Waals surface area contributed by atoms with Crippen LogP contribution in [0.2, 0.25) is 5.02 Å². The van der Waals surface area contributed by atoms with Crippen molar-refractivity contribution in [2.45, 2.75) is 20.0 Å². The van der Waals surface area contributed by atoms with Gasteiger partial charge in [-0.2, -0.15) is 0 Å². The van der Waals surface area contributed by atoms with Crippen molar-refractivity contribution in [1.29, 1.82) is 0 Å². The summed E-state index contributed by atoms with van der Waals surface area (Å²) in [4.78, 5) is 34.1. The van der Waals surface area contributed by atoms with E-state index in [0.717, 1.165) is 0 Å². The lowest BCUT2D eigenvalue weighted by atomic mass is 10.1. The van der Waals surface area contributed by atoms with E-state index in [2.05, 4.69) is 0 Å². The Bertz CT molecular complexity index is 545. The van der Waals surface area contributed by atoms with Gasteiger partial charge < -0.3 is 15.2 Å². The SMILES string of the molecule is CC(C)[C@H](OC(=O)COc1ccc(Cl)cc1)C(=O)NC(N)=O. The predicted octanol–water partition coefficient (Wildman–Crippen LogP) is 1.48. The third-order valence-electron chi connectivity index (χ3n) is 2.54. The van der Waals surface area contributed by atoms with Crippen LogP contribution in [0.1, 0.15) is 13.8 Å². The summed E-state index contributed by atoms with van der Waals surface area (Å²) in [5.74, 6) is -1.42. The number of amides is 3. The van der Waals surface area contributed by atoms with Crippen LogP contribution in [-0.4, -0.2) is 30.6 Å². The third-order valence-corrected chi connectivity index (χ3v) is 2.79. The Morgan fingerprint density at radius 3 is 2.32 bits per heavy atom. The molecule has 0 aromatic heterocycles. The van der Waals surface area contributed by atoms with E-state index in [0.29, 0.717) is 10.8 Å². The molecule has 0 unspecified atom stereocenters. The molecule has 3 N–H and O–H groups in total. The number of hydrogen-bond donors (Lipinski definition) is 2. The van der Waals surface area contributed by atoms with Gasteiger partial charge in [0.1, 0.15) is 5.75 Å². The minimum absolute atomic E-state index is 0.334. The number of imide groups is 1. The minimum Gasteiger partial charge on any atom is -0.482 e. The number of esters is 1. The molecule has 1 aromatic carbocycles. The molecule has 8 heteroatoms. The van der Waals surface area contributed by atoms with E-state index in [1.165, 1.54) is 0 Å². The van der Waals surface area contributed by atoms with E-state index in [1.807, 2.05) is 5.32 Å². The molecule has 0 spiro atoms. The predicted molar refractivity (Wildman–Crippen MR) is 79.4 cm³/mol. The monoisotopic (exact) mass is 328 g/mol. The maximum atomic E-state index is 11.7. The highest BCUT2D eigenvalue weighted by molar-refractivity contribution is 6.30. The first-order valence-electron chi connectivity index (χ1n) is 6.47. The number of rotatable bonds is 6. The lowest BCUT2D eigenvalue weighted by Crippen LogP contribution is -2.46. The Labute approximate surface area is 132 Å². The second-order valence-electron chi connectivity index (χ2n) is 4.75. The Hall–Kier alpha value is -2.28. The Morgan fingerprint density at radius 1 is 1.23 bits per heavy atom. The maximum Gasteiger partial charge on any atom is 0.344 e. The van der Waals surface area contributed by atoms with Gasteiger partial charge in [-0.05, 0) is 30.2 Å². The fourth-order valence-electron chi connectivity index (χ4n) is 1.53. The van der Waals surface area contributed by atoms with Crippen LogP contribution < -0.4 is 15.8 Å². The van der Waals surface area contributed by atoms with Gasteiger partial charge in [-0.15, -0.1) is 0 Å². The number of halogens is 1. The molecule has 1 atom stereocenters. The highest BCUT2D eigenvalue weighted by Gasteiger charge is 2.27. The van der Waals surface area contributed by atoms with Crippen LogP contribution in [0.5, 0.6) is 5.75 Å². The van der Waals surface area contributed by atoms with E-state index >= 15 is 0 Å². The second kappa shape index (κ2) is 8.23. The molecule has 0 radical (unpaired) electrons. The van der Waals surface area contributed by atoms with E-state index in [9.17, 15) is 14.4 Å². The molecule has 0 heterocycles. The molecule has 1 aromatic rings.